The number of alkyl halides is 2. The Morgan fingerprint density at radius 1 is 1.19 bits per heavy atom. The summed E-state index contributed by atoms with van der Waals surface area (Å²) in [5, 5.41) is 3.71. The second-order valence-corrected chi connectivity index (χ2v) is 5.09. The third-order valence-corrected chi connectivity index (χ3v) is 3.39. The summed E-state index contributed by atoms with van der Waals surface area (Å²) >= 11 is 0. The number of hydrogen-bond donors (Lipinski definition) is 0. The number of carbonyl (C=O) groups excluding carboxylic acids is 1. The van der Waals surface area contributed by atoms with Crippen molar-refractivity contribution in [2.75, 3.05) is 25.7 Å². The summed E-state index contributed by atoms with van der Waals surface area (Å²) in [5.74, 6) is -0.221. The lowest BCUT2D eigenvalue weighted by Gasteiger charge is -2.16. The summed E-state index contributed by atoms with van der Waals surface area (Å²) in [7, 11) is 2.97. The molecule has 0 saturated heterocycles. The van der Waals surface area contributed by atoms with Gasteiger partial charge in [-0.2, -0.15) is 8.78 Å². The number of likely N-dealkylation sites (N-methyl/N-ethyl adjacent to an activating group) is 1. The molecule has 0 spiro atoms. The number of rotatable bonds is 8. The highest BCUT2D eigenvalue weighted by Gasteiger charge is 2.12. The van der Waals surface area contributed by atoms with E-state index < -0.39 is 6.61 Å². The number of carbonyl (C=O) groups is 1. The van der Waals surface area contributed by atoms with E-state index in [1.165, 1.54) is 36.4 Å². The predicted octanol–water partition coefficient (Wildman–Crippen LogP) is 3.31. The van der Waals surface area contributed by atoms with Gasteiger partial charge in [-0.15, -0.1) is 0 Å². The minimum Gasteiger partial charge on any atom is -0.493 e. The molecule has 138 valence electrons. The Morgan fingerprint density at radius 3 is 2.58 bits per heavy atom. The van der Waals surface area contributed by atoms with Crippen LogP contribution in [0.2, 0.25) is 0 Å². The van der Waals surface area contributed by atoms with Gasteiger partial charge >= 0.3 is 6.61 Å². The van der Waals surface area contributed by atoms with E-state index in [4.69, 9.17) is 9.57 Å². The van der Waals surface area contributed by atoms with E-state index in [1.807, 2.05) is 18.2 Å². The van der Waals surface area contributed by atoms with Gasteiger partial charge < -0.3 is 19.2 Å². The average molecular weight is 364 g/mol. The molecule has 26 heavy (non-hydrogen) atoms. The first kappa shape index (κ1) is 19.2. The van der Waals surface area contributed by atoms with Crippen molar-refractivity contribution in [1.29, 1.82) is 0 Å². The highest BCUT2D eigenvalue weighted by atomic mass is 19.3. The molecule has 8 heteroatoms. The fourth-order valence-corrected chi connectivity index (χ4v) is 2.04. The molecule has 0 saturated carbocycles. The summed E-state index contributed by atoms with van der Waals surface area (Å²) < 4.78 is 33.9. The number of halogens is 2. The molecule has 1 amide bonds. The van der Waals surface area contributed by atoms with Gasteiger partial charge in [-0.1, -0.05) is 23.4 Å². The maximum absolute atomic E-state index is 12.3. The Bertz CT molecular complexity index is 754. The van der Waals surface area contributed by atoms with E-state index in [1.54, 1.807) is 19.2 Å². The van der Waals surface area contributed by atoms with Crippen LogP contribution in [0.3, 0.4) is 0 Å². The molecule has 2 aromatic carbocycles. The summed E-state index contributed by atoms with van der Waals surface area (Å²) in [6.07, 6.45) is 1.34. The van der Waals surface area contributed by atoms with Gasteiger partial charge in [0.15, 0.2) is 18.1 Å². The first-order valence-electron chi connectivity index (χ1n) is 7.61. The Kier molecular flexibility index (Phi) is 6.90. The molecular weight excluding hydrogens is 346 g/mol. The van der Waals surface area contributed by atoms with Crippen LogP contribution in [0, 0.1) is 0 Å². The summed E-state index contributed by atoms with van der Waals surface area (Å²) in [6, 6.07) is 13.4. The minimum absolute atomic E-state index is 0.0831. The van der Waals surface area contributed by atoms with Crippen LogP contribution in [0.4, 0.5) is 14.5 Å². The van der Waals surface area contributed by atoms with E-state index in [2.05, 4.69) is 9.89 Å². The van der Waals surface area contributed by atoms with Gasteiger partial charge in [0.2, 0.25) is 0 Å². The van der Waals surface area contributed by atoms with E-state index in [0.717, 1.165) is 5.69 Å². The van der Waals surface area contributed by atoms with Gasteiger partial charge in [-0.25, -0.2) is 0 Å². The second-order valence-electron chi connectivity index (χ2n) is 5.09. The van der Waals surface area contributed by atoms with Crippen molar-refractivity contribution in [3.05, 3.63) is 54.1 Å². The van der Waals surface area contributed by atoms with Gasteiger partial charge in [-0.3, -0.25) is 4.79 Å². The zero-order chi connectivity index (χ0) is 18.9. The number of methoxy groups -OCH3 is 1. The normalized spacial score (nSPS) is 10.8. The van der Waals surface area contributed by atoms with E-state index >= 15 is 0 Å². The Hall–Kier alpha value is -3.16. The number of anilines is 1. The van der Waals surface area contributed by atoms with E-state index in [0.29, 0.717) is 5.56 Å². The molecule has 0 aliphatic carbocycles. The molecule has 6 nitrogen and oxygen atoms in total. The highest BCUT2D eigenvalue weighted by molar-refractivity contribution is 5.93. The monoisotopic (exact) mass is 364 g/mol. The van der Waals surface area contributed by atoms with Crippen LogP contribution >= 0.6 is 0 Å². The van der Waals surface area contributed by atoms with Crippen LogP contribution in [-0.4, -0.2) is 39.5 Å². The molecule has 2 rings (SSSR count). The smallest absolute Gasteiger partial charge is 0.387 e. The number of para-hydroxylation sites is 1. The van der Waals surface area contributed by atoms with E-state index in [9.17, 15) is 13.6 Å². The lowest BCUT2D eigenvalue weighted by molar-refractivity contribution is -0.122. The molecule has 0 bridgehead atoms. The maximum atomic E-state index is 12.3. The average Bonchev–Trinajstić information content (AvgIpc) is 2.65. The number of ether oxygens (including phenoxy) is 2. The van der Waals surface area contributed by atoms with Crippen LogP contribution < -0.4 is 14.4 Å². The zero-order valence-electron chi connectivity index (χ0n) is 14.3. The Balaban J connectivity index is 1.91. The maximum Gasteiger partial charge on any atom is 0.387 e. The van der Waals surface area contributed by atoms with Crippen molar-refractivity contribution in [2.45, 2.75) is 6.61 Å². The van der Waals surface area contributed by atoms with Gasteiger partial charge in [0.1, 0.15) is 0 Å². The summed E-state index contributed by atoms with van der Waals surface area (Å²) in [5.41, 5.74) is 1.27. The molecule has 0 aliphatic rings. The molecule has 0 N–H and O–H groups in total. The third kappa shape index (κ3) is 5.44. The first-order valence-corrected chi connectivity index (χ1v) is 7.61. The number of nitrogens with zero attached hydrogens (tertiary/aromatic N) is 2. The quantitative estimate of drug-likeness (QED) is 0.533. The van der Waals surface area contributed by atoms with Crippen molar-refractivity contribution < 1.29 is 27.9 Å². The predicted molar refractivity (Wildman–Crippen MR) is 93.0 cm³/mol. The van der Waals surface area contributed by atoms with Crippen molar-refractivity contribution >= 4 is 17.8 Å². The molecule has 0 unspecified atom stereocenters. The molecular formula is C18H18F2N2O4. The van der Waals surface area contributed by atoms with Crippen molar-refractivity contribution in [2.24, 2.45) is 5.16 Å². The Labute approximate surface area is 149 Å². The van der Waals surface area contributed by atoms with E-state index in [-0.39, 0.29) is 24.0 Å². The van der Waals surface area contributed by atoms with Gasteiger partial charge in [-0.05, 0) is 30.3 Å². The molecule has 0 atom stereocenters. The third-order valence-electron chi connectivity index (χ3n) is 3.39. The van der Waals surface area contributed by atoms with Crippen LogP contribution in [0.25, 0.3) is 0 Å². The molecule has 0 aromatic heterocycles. The van der Waals surface area contributed by atoms with Crippen molar-refractivity contribution in [3.63, 3.8) is 0 Å². The van der Waals surface area contributed by atoms with Gasteiger partial charge in [0, 0.05) is 18.3 Å². The van der Waals surface area contributed by atoms with Gasteiger partial charge in [0.05, 0.1) is 13.3 Å². The molecule has 0 fully saturated rings. The SMILES string of the molecule is COc1cc(C=NOCC(=O)N(C)c2ccccc2)ccc1OC(F)F. The molecule has 0 aliphatic heterocycles. The second kappa shape index (κ2) is 9.36. The summed E-state index contributed by atoms with van der Waals surface area (Å²) in [6.45, 7) is -3.19. The zero-order valence-corrected chi connectivity index (χ0v) is 14.3. The molecule has 2 aromatic rings. The number of hydrogen-bond acceptors (Lipinski definition) is 5. The largest absolute Gasteiger partial charge is 0.493 e. The highest BCUT2D eigenvalue weighted by Crippen LogP contribution is 2.28. The van der Waals surface area contributed by atoms with Crippen molar-refractivity contribution in [3.8, 4) is 11.5 Å². The van der Waals surface area contributed by atoms with Crippen LogP contribution in [0.1, 0.15) is 5.56 Å². The van der Waals surface area contributed by atoms with Crippen LogP contribution in [0.5, 0.6) is 11.5 Å². The topological polar surface area (TPSA) is 60.4 Å². The standard InChI is InChI=1S/C18H18F2N2O4/c1-22(14-6-4-3-5-7-14)17(23)12-25-21-11-13-8-9-15(26-18(19)20)16(10-13)24-2/h3-11,18H,12H2,1-2H3. The van der Waals surface area contributed by atoms with Crippen LogP contribution in [-0.2, 0) is 9.63 Å². The fourth-order valence-electron chi connectivity index (χ4n) is 2.04. The van der Waals surface area contributed by atoms with Crippen LogP contribution in [0.15, 0.2) is 53.7 Å². The lowest BCUT2D eigenvalue weighted by atomic mass is 10.2. The summed E-state index contributed by atoms with van der Waals surface area (Å²) in [4.78, 5) is 18.5. The Morgan fingerprint density at radius 2 is 1.92 bits per heavy atom. The molecule has 0 heterocycles. The number of benzene rings is 2. The number of oxime groups is 1. The minimum atomic E-state index is -2.95. The molecule has 0 radical (unpaired) electrons. The van der Waals surface area contributed by atoms with Gasteiger partial charge in [0.25, 0.3) is 5.91 Å². The fraction of sp³-hybridized carbons (Fsp3) is 0.222. The lowest BCUT2D eigenvalue weighted by Crippen LogP contribution is -2.29. The first-order chi connectivity index (χ1) is 12.5. The van der Waals surface area contributed by atoms with Crippen molar-refractivity contribution in [1.82, 2.24) is 0 Å². The number of amides is 1.